The number of carbonyl (C=O) groups excluding carboxylic acids is 2. The first-order valence-electron chi connectivity index (χ1n) is 7.04. The molecule has 114 valence electrons. The molecule has 5 nitrogen and oxygen atoms in total. The van der Waals surface area contributed by atoms with E-state index < -0.39 is 0 Å². The monoisotopic (exact) mass is 297 g/mol. The number of carbonyl (C=O) groups is 2. The smallest absolute Gasteiger partial charge is 0.254 e. The van der Waals surface area contributed by atoms with Crippen LogP contribution in [-0.4, -0.2) is 28.7 Å². The Labute approximate surface area is 130 Å². The maximum absolute atomic E-state index is 12.5. The molecule has 2 aromatic rings. The van der Waals surface area contributed by atoms with E-state index in [-0.39, 0.29) is 17.9 Å². The molecule has 0 saturated heterocycles. The van der Waals surface area contributed by atoms with E-state index in [0.717, 1.165) is 5.56 Å². The third kappa shape index (κ3) is 3.69. The summed E-state index contributed by atoms with van der Waals surface area (Å²) in [6.45, 7) is 3.42. The van der Waals surface area contributed by atoms with Gasteiger partial charge in [-0.15, -0.1) is 0 Å². The van der Waals surface area contributed by atoms with Crippen LogP contribution in [0.15, 0.2) is 48.8 Å². The summed E-state index contributed by atoms with van der Waals surface area (Å²) in [5.74, 6) is -0.207. The van der Waals surface area contributed by atoms with E-state index in [4.69, 9.17) is 0 Å². The summed E-state index contributed by atoms with van der Waals surface area (Å²) in [6, 6.07) is 10.6. The van der Waals surface area contributed by atoms with Gasteiger partial charge in [0.2, 0.25) is 5.91 Å². The third-order valence-electron chi connectivity index (χ3n) is 3.54. The second kappa shape index (κ2) is 6.85. The van der Waals surface area contributed by atoms with Crippen molar-refractivity contribution in [2.45, 2.75) is 19.9 Å². The van der Waals surface area contributed by atoms with Crippen LogP contribution in [0.25, 0.3) is 0 Å². The molecule has 1 aromatic heterocycles. The highest BCUT2D eigenvalue weighted by Crippen LogP contribution is 2.20. The fourth-order valence-corrected chi connectivity index (χ4v) is 2.14. The summed E-state index contributed by atoms with van der Waals surface area (Å²) in [5, 5.41) is 2.68. The zero-order chi connectivity index (χ0) is 16.1. The van der Waals surface area contributed by atoms with Crippen LogP contribution in [0.3, 0.4) is 0 Å². The molecule has 0 aliphatic heterocycles. The van der Waals surface area contributed by atoms with Gasteiger partial charge < -0.3 is 10.2 Å². The van der Waals surface area contributed by atoms with Gasteiger partial charge in [0.25, 0.3) is 5.91 Å². The number of benzene rings is 1. The first-order chi connectivity index (χ1) is 10.5. The molecule has 2 amide bonds. The lowest BCUT2D eigenvalue weighted by atomic mass is 10.1. The van der Waals surface area contributed by atoms with E-state index in [1.807, 2.05) is 19.1 Å². The Balaban J connectivity index is 2.11. The Morgan fingerprint density at radius 1 is 1.09 bits per heavy atom. The van der Waals surface area contributed by atoms with Gasteiger partial charge in [-0.05, 0) is 48.9 Å². The number of nitrogens with one attached hydrogen (secondary N) is 1. The van der Waals surface area contributed by atoms with Gasteiger partial charge in [0, 0.05) is 37.6 Å². The maximum atomic E-state index is 12.5. The standard InChI is InChI=1S/C17H19N3O2/c1-12(14-8-10-18-11-9-14)20(3)17(22)15-4-6-16(7-5-15)19-13(2)21/h4-12H,1-3H3,(H,19,21). The van der Waals surface area contributed by atoms with E-state index >= 15 is 0 Å². The second-order valence-electron chi connectivity index (χ2n) is 5.13. The molecule has 1 unspecified atom stereocenters. The minimum Gasteiger partial charge on any atom is -0.335 e. The number of hydrogen-bond donors (Lipinski definition) is 1. The number of aromatic nitrogens is 1. The lowest BCUT2D eigenvalue weighted by molar-refractivity contribution is -0.114. The molecule has 1 aromatic carbocycles. The molecule has 1 N–H and O–H groups in total. The first kappa shape index (κ1) is 15.7. The summed E-state index contributed by atoms with van der Waals surface area (Å²) < 4.78 is 0. The number of rotatable bonds is 4. The minimum atomic E-state index is -0.137. The van der Waals surface area contributed by atoms with Crippen LogP contribution in [0.2, 0.25) is 0 Å². The van der Waals surface area contributed by atoms with E-state index in [9.17, 15) is 9.59 Å². The molecule has 1 atom stereocenters. The van der Waals surface area contributed by atoms with Gasteiger partial charge in [0.1, 0.15) is 0 Å². The van der Waals surface area contributed by atoms with Gasteiger partial charge in [0.15, 0.2) is 0 Å². The number of anilines is 1. The van der Waals surface area contributed by atoms with E-state index in [1.54, 1.807) is 48.6 Å². The highest BCUT2D eigenvalue weighted by molar-refractivity contribution is 5.95. The molecular formula is C17H19N3O2. The van der Waals surface area contributed by atoms with Crippen LogP contribution >= 0.6 is 0 Å². The quantitative estimate of drug-likeness (QED) is 0.944. The van der Waals surface area contributed by atoms with Crippen LogP contribution in [0.4, 0.5) is 5.69 Å². The number of amides is 2. The molecular weight excluding hydrogens is 278 g/mol. The zero-order valence-corrected chi connectivity index (χ0v) is 12.9. The summed E-state index contributed by atoms with van der Waals surface area (Å²) in [6.07, 6.45) is 3.43. The van der Waals surface area contributed by atoms with Crippen molar-refractivity contribution >= 4 is 17.5 Å². The molecule has 0 aliphatic carbocycles. The van der Waals surface area contributed by atoms with Gasteiger partial charge in [-0.1, -0.05) is 0 Å². The van der Waals surface area contributed by atoms with E-state index in [1.165, 1.54) is 6.92 Å². The normalized spacial score (nSPS) is 11.6. The topological polar surface area (TPSA) is 62.3 Å². The predicted molar refractivity (Wildman–Crippen MR) is 85.5 cm³/mol. The second-order valence-corrected chi connectivity index (χ2v) is 5.13. The fraction of sp³-hybridized carbons (Fsp3) is 0.235. The lowest BCUT2D eigenvalue weighted by Crippen LogP contribution is -2.29. The Morgan fingerprint density at radius 2 is 1.68 bits per heavy atom. The average Bonchev–Trinajstić information content (AvgIpc) is 2.54. The van der Waals surface area contributed by atoms with Crippen molar-refractivity contribution in [1.29, 1.82) is 0 Å². The van der Waals surface area contributed by atoms with Gasteiger partial charge in [0.05, 0.1) is 6.04 Å². The van der Waals surface area contributed by atoms with Crippen LogP contribution in [0.5, 0.6) is 0 Å². The lowest BCUT2D eigenvalue weighted by Gasteiger charge is -2.25. The van der Waals surface area contributed by atoms with Crippen LogP contribution in [0.1, 0.15) is 35.8 Å². The molecule has 1 heterocycles. The Kier molecular flexibility index (Phi) is 4.88. The molecule has 0 aliphatic rings. The summed E-state index contributed by atoms with van der Waals surface area (Å²) in [5.41, 5.74) is 2.28. The molecule has 5 heteroatoms. The molecule has 0 fully saturated rings. The summed E-state index contributed by atoms with van der Waals surface area (Å²) in [7, 11) is 1.77. The molecule has 22 heavy (non-hydrogen) atoms. The average molecular weight is 297 g/mol. The predicted octanol–water partition coefficient (Wildman–Crippen LogP) is 2.87. The summed E-state index contributed by atoms with van der Waals surface area (Å²) >= 11 is 0. The Hall–Kier alpha value is -2.69. The highest BCUT2D eigenvalue weighted by Gasteiger charge is 2.18. The minimum absolute atomic E-state index is 0.0504. The van der Waals surface area contributed by atoms with Crippen LogP contribution in [0, 0.1) is 0 Å². The van der Waals surface area contributed by atoms with Gasteiger partial charge >= 0.3 is 0 Å². The van der Waals surface area contributed by atoms with Gasteiger partial charge in [-0.25, -0.2) is 0 Å². The van der Waals surface area contributed by atoms with Crippen molar-refractivity contribution in [2.24, 2.45) is 0 Å². The van der Waals surface area contributed by atoms with Crippen molar-refractivity contribution in [1.82, 2.24) is 9.88 Å². The zero-order valence-electron chi connectivity index (χ0n) is 12.9. The van der Waals surface area contributed by atoms with Crippen molar-refractivity contribution in [3.63, 3.8) is 0 Å². The molecule has 0 radical (unpaired) electrons. The third-order valence-corrected chi connectivity index (χ3v) is 3.54. The molecule has 0 spiro atoms. The van der Waals surface area contributed by atoms with Crippen LogP contribution < -0.4 is 5.32 Å². The fourth-order valence-electron chi connectivity index (χ4n) is 2.14. The van der Waals surface area contributed by atoms with Crippen molar-refractivity contribution in [3.8, 4) is 0 Å². The Morgan fingerprint density at radius 3 is 2.23 bits per heavy atom. The van der Waals surface area contributed by atoms with E-state index in [2.05, 4.69) is 10.3 Å². The van der Waals surface area contributed by atoms with E-state index in [0.29, 0.717) is 11.3 Å². The van der Waals surface area contributed by atoms with Crippen molar-refractivity contribution in [3.05, 3.63) is 59.9 Å². The number of pyridine rings is 1. The molecule has 2 rings (SSSR count). The molecule has 0 bridgehead atoms. The number of hydrogen-bond acceptors (Lipinski definition) is 3. The number of nitrogens with zero attached hydrogens (tertiary/aromatic N) is 2. The van der Waals surface area contributed by atoms with Crippen molar-refractivity contribution < 1.29 is 9.59 Å². The Bertz CT molecular complexity index is 653. The largest absolute Gasteiger partial charge is 0.335 e. The summed E-state index contributed by atoms with van der Waals surface area (Å²) in [4.78, 5) is 29.2. The molecule has 0 saturated carbocycles. The van der Waals surface area contributed by atoms with Gasteiger partial charge in [-0.2, -0.15) is 0 Å². The van der Waals surface area contributed by atoms with Gasteiger partial charge in [-0.3, -0.25) is 14.6 Å². The first-order valence-corrected chi connectivity index (χ1v) is 7.04. The van der Waals surface area contributed by atoms with Crippen LogP contribution in [-0.2, 0) is 4.79 Å². The highest BCUT2D eigenvalue weighted by atomic mass is 16.2. The SMILES string of the molecule is CC(=O)Nc1ccc(C(=O)N(C)C(C)c2ccncc2)cc1. The van der Waals surface area contributed by atoms with Crippen molar-refractivity contribution in [2.75, 3.05) is 12.4 Å². The maximum Gasteiger partial charge on any atom is 0.254 e.